The van der Waals surface area contributed by atoms with Crippen LogP contribution < -0.4 is 5.32 Å². The number of ether oxygens (including phenoxy) is 1. The van der Waals surface area contributed by atoms with Gasteiger partial charge in [-0.2, -0.15) is 0 Å². The molecule has 2 aromatic carbocycles. The van der Waals surface area contributed by atoms with Gasteiger partial charge in [0.25, 0.3) is 0 Å². The lowest BCUT2D eigenvalue weighted by Gasteiger charge is -2.33. The molecule has 2 heteroatoms. The highest BCUT2D eigenvalue weighted by Gasteiger charge is 2.28. The van der Waals surface area contributed by atoms with Gasteiger partial charge in [-0.15, -0.1) is 0 Å². The summed E-state index contributed by atoms with van der Waals surface area (Å²) in [4.78, 5) is 0. The molecule has 2 unspecified atom stereocenters. The molecule has 1 heterocycles. The van der Waals surface area contributed by atoms with Crippen molar-refractivity contribution in [3.05, 3.63) is 48.0 Å². The molecule has 0 amide bonds. The van der Waals surface area contributed by atoms with Crippen LogP contribution in [-0.4, -0.2) is 19.2 Å². The molecule has 1 aliphatic heterocycles. The van der Waals surface area contributed by atoms with E-state index in [0.29, 0.717) is 12.0 Å². The number of hydrogen-bond donors (Lipinski definition) is 1. The van der Waals surface area contributed by atoms with Crippen LogP contribution in [-0.2, 0) is 4.74 Å². The fraction of sp³-hybridized carbons (Fsp3) is 0.474. The summed E-state index contributed by atoms with van der Waals surface area (Å²) < 4.78 is 6.18. The second-order valence-electron chi connectivity index (χ2n) is 6.33. The Hall–Kier alpha value is -1.38. The van der Waals surface area contributed by atoms with Crippen LogP contribution in [0.15, 0.2) is 42.5 Å². The topological polar surface area (TPSA) is 21.3 Å². The maximum absolute atomic E-state index is 6.18. The summed E-state index contributed by atoms with van der Waals surface area (Å²) in [5.74, 6) is 0.562. The molecule has 0 aliphatic carbocycles. The van der Waals surface area contributed by atoms with Crippen LogP contribution in [0, 0.1) is 5.92 Å². The second kappa shape index (κ2) is 6.59. The van der Waals surface area contributed by atoms with Crippen molar-refractivity contribution < 1.29 is 4.74 Å². The zero-order valence-corrected chi connectivity index (χ0v) is 13.0. The van der Waals surface area contributed by atoms with Gasteiger partial charge in [-0.25, -0.2) is 0 Å². The smallest absolute Gasteiger partial charge is 0.0871 e. The van der Waals surface area contributed by atoms with E-state index in [0.717, 1.165) is 13.2 Å². The zero-order valence-electron chi connectivity index (χ0n) is 13.0. The number of rotatable bonds is 4. The first-order chi connectivity index (χ1) is 10.3. The van der Waals surface area contributed by atoms with E-state index in [1.807, 2.05) is 0 Å². The lowest BCUT2D eigenvalue weighted by molar-refractivity contribution is -0.0273. The van der Waals surface area contributed by atoms with Gasteiger partial charge in [-0.3, -0.25) is 0 Å². The lowest BCUT2D eigenvalue weighted by Crippen LogP contribution is -2.35. The maximum Gasteiger partial charge on any atom is 0.0871 e. The fourth-order valence-electron chi connectivity index (χ4n) is 3.28. The summed E-state index contributed by atoms with van der Waals surface area (Å²) >= 11 is 0. The molecule has 0 spiro atoms. The summed E-state index contributed by atoms with van der Waals surface area (Å²) in [6.45, 7) is 6.32. The molecule has 2 nitrogen and oxygen atoms in total. The normalized spacial score (nSPS) is 22.8. The average molecular weight is 283 g/mol. The van der Waals surface area contributed by atoms with Crippen LogP contribution in [0.2, 0.25) is 0 Å². The molecule has 0 bridgehead atoms. The third kappa shape index (κ3) is 3.28. The lowest BCUT2D eigenvalue weighted by atomic mass is 9.87. The van der Waals surface area contributed by atoms with E-state index in [9.17, 15) is 0 Å². The molecular formula is C19H25NO. The molecule has 0 radical (unpaired) electrons. The van der Waals surface area contributed by atoms with Gasteiger partial charge >= 0.3 is 0 Å². The number of hydrogen-bond acceptors (Lipinski definition) is 2. The fourth-order valence-corrected chi connectivity index (χ4v) is 3.28. The van der Waals surface area contributed by atoms with E-state index >= 15 is 0 Å². The summed E-state index contributed by atoms with van der Waals surface area (Å²) in [6, 6.07) is 15.7. The minimum Gasteiger partial charge on any atom is -0.373 e. The predicted octanol–water partition coefficient (Wildman–Crippen LogP) is 4.31. The maximum atomic E-state index is 6.18. The van der Waals surface area contributed by atoms with Gasteiger partial charge in [0.2, 0.25) is 0 Å². The first-order valence-corrected chi connectivity index (χ1v) is 8.08. The number of benzene rings is 2. The minimum absolute atomic E-state index is 0.219. The Labute approximate surface area is 127 Å². The van der Waals surface area contributed by atoms with E-state index in [-0.39, 0.29) is 6.10 Å². The van der Waals surface area contributed by atoms with Gasteiger partial charge in [0.05, 0.1) is 6.10 Å². The summed E-state index contributed by atoms with van der Waals surface area (Å²) in [5, 5.41) is 6.22. The van der Waals surface area contributed by atoms with E-state index in [1.54, 1.807) is 0 Å². The first kappa shape index (κ1) is 14.6. The highest BCUT2D eigenvalue weighted by atomic mass is 16.5. The van der Waals surface area contributed by atoms with E-state index < -0.39 is 0 Å². The van der Waals surface area contributed by atoms with Crippen molar-refractivity contribution in [2.75, 3.05) is 13.2 Å². The van der Waals surface area contributed by atoms with Gasteiger partial charge in [0.15, 0.2) is 0 Å². The van der Waals surface area contributed by atoms with Crippen molar-refractivity contribution in [1.29, 1.82) is 0 Å². The zero-order chi connectivity index (χ0) is 14.7. The molecule has 2 atom stereocenters. The highest BCUT2D eigenvalue weighted by molar-refractivity contribution is 5.86. The third-order valence-corrected chi connectivity index (χ3v) is 4.36. The summed E-state index contributed by atoms with van der Waals surface area (Å²) in [6.07, 6.45) is 2.63. The Morgan fingerprint density at radius 1 is 1.14 bits per heavy atom. The molecule has 1 aliphatic rings. The van der Waals surface area contributed by atoms with Crippen LogP contribution in [0.5, 0.6) is 0 Å². The number of nitrogens with one attached hydrogen (secondary N) is 1. The molecule has 0 aromatic heterocycles. The second-order valence-corrected chi connectivity index (χ2v) is 6.33. The Morgan fingerprint density at radius 2 is 1.95 bits per heavy atom. The van der Waals surface area contributed by atoms with Crippen molar-refractivity contribution in [2.45, 2.75) is 38.8 Å². The molecular weight excluding hydrogens is 258 g/mol. The van der Waals surface area contributed by atoms with Crippen molar-refractivity contribution in [1.82, 2.24) is 5.32 Å². The van der Waals surface area contributed by atoms with Gasteiger partial charge in [-0.05, 0) is 29.2 Å². The Morgan fingerprint density at radius 3 is 2.81 bits per heavy atom. The van der Waals surface area contributed by atoms with Crippen molar-refractivity contribution >= 4 is 10.8 Å². The average Bonchev–Trinajstić information content (AvgIpc) is 2.53. The van der Waals surface area contributed by atoms with Gasteiger partial charge in [-0.1, -0.05) is 56.3 Å². The van der Waals surface area contributed by atoms with Crippen LogP contribution in [0.3, 0.4) is 0 Å². The van der Waals surface area contributed by atoms with E-state index in [4.69, 9.17) is 4.74 Å². The van der Waals surface area contributed by atoms with E-state index in [1.165, 1.54) is 29.2 Å². The first-order valence-electron chi connectivity index (χ1n) is 8.08. The van der Waals surface area contributed by atoms with Gasteiger partial charge < -0.3 is 10.1 Å². The summed E-state index contributed by atoms with van der Waals surface area (Å²) in [7, 11) is 0. The molecule has 1 N–H and O–H groups in total. The Balaban J connectivity index is 1.91. The summed E-state index contributed by atoms with van der Waals surface area (Å²) in [5.41, 5.74) is 1.35. The van der Waals surface area contributed by atoms with Gasteiger partial charge in [0.1, 0.15) is 0 Å². The quantitative estimate of drug-likeness (QED) is 0.903. The predicted molar refractivity (Wildman–Crippen MR) is 88.5 cm³/mol. The van der Waals surface area contributed by atoms with Crippen molar-refractivity contribution in [2.24, 2.45) is 5.92 Å². The standard InChI is InChI=1S/C19H25NO/c1-14(2)20-13-16-9-6-12-21-19(16)18-11-5-8-15-7-3-4-10-17(15)18/h3-5,7-8,10-11,14,16,19-20H,6,9,12-13H2,1-2H3. The molecule has 2 aromatic rings. The van der Waals surface area contributed by atoms with Crippen LogP contribution in [0.4, 0.5) is 0 Å². The molecule has 0 saturated carbocycles. The SMILES string of the molecule is CC(C)NCC1CCCOC1c1cccc2ccccc12. The molecule has 3 rings (SSSR count). The van der Waals surface area contributed by atoms with E-state index in [2.05, 4.69) is 61.6 Å². The molecule has 1 fully saturated rings. The molecule has 1 saturated heterocycles. The van der Waals surface area contributed by atoms with Crippen molar-refractivity contribution in [3.63, 3.8) is 0 Å². The Kier molecular flexibility index (Phi) is 4.57. The monoisotopic (exact) mass is 283 g/mol. The molecule has 21 heavy (non-hydrogen) atoms. The van der Waals surface area contributed by atoms with Gasteiger partial charge in [0, 0.05) is 25.1 Å². The third-order valence-electron chi connectivity index (χ3n) is 4.36. The molecule has 112 valence electrons. The number of fused-ring (bicyclic) bond motifs is 1. The highest BCUT2D eigenvalue weighted by Crippen LogP contribution is 2.36. The van der Waals surface area contributed by atoms with Crippen molar-refractivity contribution in [3.8, 4) is 0 Å². The Bertz CT molecular complexity index is 588. The van der Waals surface area contributed by atoms with Crippen LogP contribution >= 0.6 is 0 Å². The largest absolute Gasteiger partial charge is 0.373 e. The minimum atomic E-state index is 0.219. The van der Waals surface area contributed by atoms with Crippen LogP contribution in [0.25, 0.3) is 10.8 Å². The van der Waals surface area contributed by atoms with Crippen LogP contribution in [0.1, 0.15) is 38.4 Å².